The highest BCUT2D eigenvalue weighted by molar-refractivity contribution is 4.88. The average Bonchev–Trinajstić information content (AvgIpc) is 2.72. The van der Waals surface area contributed by atoms with Crippen molar-refractivity contribution in [3.63, 3.8) is 0 Å². The van der Waals surface area contributed by atoms with Crippen molar-refractivity contribution in [3.05, 3.63) is 18.2 Å². The maximum Gasteiger partial charge on any atom is 0.105 e. The molecule has 0 spiro atoms. The van der Waals surface area contributed by atoms with Crippen LogP contribution in [0.2, 0.25) is 0 Å². The number of aromatic nitrogens is 2. The van der Waals surface area contributed by atoms with Crippen molar-refractivity contribution in [1.82, 2.24) is 19.8 Å². The Bertz CT molecular complexity index is 300. The molecule has 0 unspecified atom stereocenters. The van der Waals surface area contributed by atoms with Crippen molar-refractivity contribution in [3.8, 4) is 0 Å². The number of ether oxygens (including phenoxy) is 1. The van der Waals surface area contributed by atoms with Crippen molar-refractivity contribution < 1.29 is 4.74 Å². The molecule has 0 saturated heterocycles. The maximum atomic E-state index is 4.97. The molecule has 5 nitrogen and oxygen atoms in total. The molecule has 0 aromatic carbocycles. The summed E-state index contributed by atoms with van der Waals surface area (Å²) in [5.41, 5.74) is 0. The Balaban J connectivity index is 2.05. The van der Waals surface area contributed by atoms with Gasteiger partial charge in [0.05, 0.1) is 6.61 Å². The highest BCUT2D eigenvalue weighted by atomic mass is 16.5. The third kappa shape index (κ3) is 5.81. The van der Waals surface area contributed by atoms with E-state index in [9.17, 15) is 0 Å². The lowest BCUT2D eigenvalue weighted by atomic mass is 10.4. The van der Waals surface area contributed by atoms with Gasteiger partial charge in [0.2, 0.25) is 0 Å². The van der Waals surface area contributed by atoms with Crippen molar-refractivity contribution in [2.45, 2.75) is 13.5 Å². The van der Waals surface area contributed by atoms with E-state index in [4.69, 9.17) is 4.74 Å². The van der Waals surface area contributed by atoms with Gasteiger partial charge in [-0.25, -0.2) is 4.98 Å². The van der Waals surface area contributed by atoms with Gasteiger partial charge in [0, 0.05) is 52.2 Å². The van der Waals surface area contributed by atoms with Gasteiger partial charge in [-0.3, -0.25) is 0 Å². The summed E-state index contributed by atoms with van der Waals surface area (Å²) in [7, 11) is 3.87. The van der Waals surface area contributed by atoms with Gasteiger partial charge in [-0.1, -0.05) is 0 Å². The molecule has 1 N–H and O–H groups in total. The Morgan fingerprint density at radius 2 is 2.24 bits per heavy atom. The first-order chi connectivity index (χ1) is 8.24. The molecular formula is C12H24N4O. The van der Waals surface area contributed by atoms with Crippen molar-refractivity contribution >= 4 is 0 Å². The van der Waals surface area contributed by atoms with E-state index in [0.717, 1.165) is 45.2 Å². The van der Waals surface area contributed by atoms with E-state index in [0.29, 0.717) is 0 Å². The number of methoxy groups -OCH3 is 1. The largest absolute Gasteiger partial charge is 0.383 e. The number of aryl methyl sites for hydroxylation is 1. The van der Waals surface area contributed by atoms with Crippen LogP contribution in [0.5, 0.6) is 0 Å². The third-order valence-electron chi connectivity index (χ3n) is 2.80. The van der Waals surface area contributed by atoms with Crippen LogP contribution in [0.4, 0.5) is 0 Å². The lowest BCUT2D eigenvalue weighted by molar-refractivity contribution is 0.197. The number of hydrogen-bond donors (Lipinski definition) is 1. The van der Waals surface area contributed by atoms with Crippen molar-refractivity contribution in [1.29, 1.82) is 0 Å². The summed E-state index contributed by atoms with van der Waals surface area (Å²) < 4.78 is 7.15. The Labute approximate surface area is 104 Å². The number of rotatable bonds is 9. The maximum absolute atomic E-state index is 4.97. The lowest BCUT2D eigenvalue weighted by Crippen LogP contribution is -2.32. The normalized spacial score (nSPS) is 11.3. The smallest absolute Gasteiger partial charge is 0.105 e. The van der Waals surface area contributed by atoms with Gasteiger partial charge in [0.25, 0.3) is 0 Å². The van der Waals surface area contributed by atoms with E-state index in [2.05, 4.69) is 26.8 Å². The molecule has 0 fully saturated rings. The summed E-state index contributed by atoms with van der Waals surface area (Å²) in [6, 6.07) is 0. The molecule has 0 aliphatic rings. The summed E-state index contributed by atoms with van der Waals surface area (Å²) >= 11 is 0. The molecule has 17 heavy (non-hydrogen) atoms. The van der Waals surface area contributed by atoms with Gasteiger partial charge in [-0.15, -0.1) is 0 Å². The minimum Gasteiger partial charge on any atom is -0.383 e. The number of imidazole rings is 1. The van der Waals surface area contributed by atoms with Gasteiger partial charge < -0.3 is 19.5 Å². The second-order valence-corrected chi connectivity index (χ2v) is 4.21. The lowest BCUT2D eigenvalue weighted by Gasteiger charge is -2.17. The van der Waals surface area contributed by atoms with Gasteiger partial charge in [-0.05, 0) is 14.0 Å². The molecule has 5 heteroatoms. The highest BCUT2D eigenvalue weighted by Crippen LogP contribution is 1.95. The summed E-state index contributed by atoms with van der Waals surface area (Å²) in [5, 5.41) is 3.34. The minimum absolute atomic E-state index is 0.776. The Hall–Kier alpha value is -0.910. The molecule has 1 aromatic heterocycles. The van der Waals surface area contributed by atoms with Crippen LogP contribution in [0.15, 0.2) is 12.4 Å². The number of likely N-dealkylation sites (N-methyl/N-ethyl adjacent to an activating group) is 1. The molecule has 0 aliphatic carbocycles. The van der Waals surface area contributed by atoms with Gasteiger partial charge in [0.15, 0.2) is 0 Å². The molecule has 1 rings (SSSR count). The molecule has 1 aromatic rings. The third-order valence-corrected chi connectivity index (χ3v) is 2.80. The molecule has 1 heterocycles. The fourth-order valence-electron chi connectivity index (χ4n) is 1.60. The molecule has 0 atom stereocenters. The van der Waals surface area contributed by atoms with Crippen LogP contribution in [0.1, 0.15) is 5.82 Å². The van der Waals surface area contributed by atoms with Crippen LogP contribution in [-0.4, -0.2) is 61.4 Å². The van der Waals surface area contributed by atoms with E-state index >= 15 is 0 Å². The topological polar surface area (TPSA) is 42.3 Å². The van der Waals surface area contributed by atoms with Crippen LogP contribution in [0.25, 0.3) is 0 Å². The average molecular weight is 240 g/mol. The predicted octanol–water partition coefficient (Wildman–Crippen LogP) is 0.359. The van der Waals surface area contributed by atoms with Crippen LogP contribution in [-0.2, 0) is 11.3 Å². The van der Waals surface area contributed by atoms with Gasteiger partial charge in [0.1, 0.15) is 5.82 Å². The van der Waals surface area contributed by atoms with E-state index in [-0.39, 0.29) is 0 Å². The molecule has 0 radical (unpaired) electrons. The zero-order valence-corrected chi connectivity index (χ0v) is 11.1. The fourth-order valence-corrected chi connectivity index (χ4v) is 1.60. The molecule has 0 aliphatic heterocycles. The van der Waals surface area contributed by atoms with Crippen LogP contribution >= 0.6 is 0 Å². The molecular weight excluding hydrogens is 216 g/mol. The molecule has 0 amide bonds. The van der Waals surface area contributed by atoms with Crippen LogP contribution in [0.3, 0.4) is 0 Å². The Kier molecular flexibility index (Phi) is 6.84. The van der Waals surface area contributed by atoms with E-state index in [1.165, 1.54) is 0 Å². The van der Waals surface area contributed by atoms with Crippen molar-refractivity contribution in [2.75, 3.05) is 46.9 Å². The first kappa shape index (κ1) is 14.2. The summed E-state index contributed by atoms with van der Waals surface area (Å²) in [5.74, 6) is 1.08. The molecule has 0 saturated carbocycles. The molecule has 98 valence electrons. The SMILES string of the molecule is COCCNCCN(C)CCn1ccnc1C. The second-order valence-electron chi connectivity index (χ2n) is 4.21. The minimum atomic E-state index is 0.776. The Morgan fingerprint density at radius 3 is 2.88 bits per heavy atom. The predicted molar refractivity (Wildman–Crippen MR) is 69.2 cm³/mol. The number of hydrogen-bond acceptors (Lipinski definition) is 4. The fraction of sp³-hybridized carbons (Fsp3) is 0.750. The summed E-state index contributed by atoms with van der Waals surface area (Å²) in [6.45, 7) is 7.83. The standard InChI is InChI=1S/C12H24N4O/c1-12-14-5-8-16(12)10-9-15(2)7-4-13-6-11-17-3/h5,8,13H,4,6-7,9-11H2,1-3H3. The van der Waals surface area contributed by atoms with Crippen molar-refractivity contribution in [2.24, 2.45) is 0 Å². The first-order valence-electron chi connectivity index (χ1n) is 6.10. The number of nitrogens with one attached hydrogen (secondary N) is 1. The second kappa shape index (κ2) is 8.22. The van der Waals surface area contributed by atoms with Crippen LogP contribution < -0.4 is 5.32 Å². The van der Waals surface area contributed by atoms with Gasteiger partial charge >= 0.3 is 0 Å². The Morgan fingerprint density at radius 1 is 1.41 bits per heavy atom. The highest BCUT2D eigenvalue weighted by Gasteiger charge is 2.00. The monoisotopic (exact) mass is 240 g/mol. The summed E-state index contributed by atoms with van der Waals surface area (Å²) in [4.78, 5) is 6.53. The van der Waals surface area contributed by atoms with Gasteiger partial charge in [-0.2, -0.15) is 0 Å². The van der Waals surface area contributed by atoms with E-state index in [1.807, 2.05) is 19.3 Å². The molecule has 0 bridgehead atoms. The summed E-state index contributed by atoms with van der Waals surface area (Å²) in [6.07, 6.45) is 3.88. The van der Waals surface area contributed by atoms with Crippen LogP contribution in [0, 0.1) is 6.92 Å². The number of nitrogens with zero attached hydrogens (tertiary/aromatic N) is 3. The van der Waals surface area contributed by atoms with E-state index in [1.54, 1.807) is 7.11 Å². The van der Waals surface area contributed by atoms with E-state index < -0.39 is 0 Å². The zero-order chi connectivity index (χ0) is 12.5. The quantitative estimate of drug-likeness (QED) is 0.633. The first-order valence-corrected chi connectivity index (χ1v) is 6.10. The zero-order valence-electron chi connectivity index (χ0n) is 11.1.